The predicted molar refractivity (Wildman–Crippen MR) is 106 cm³/mol. The third-order valence-electron chi connectivity index (χ3n) is 5.20. The fourth-order valence-corrected chi connectivity index (χ4v) is 3.91. The van der Waals surface area contributed by atoms with E-state index in [1.165, 1.54) is 23.1 Å². The molecular weight excluding hydrogens is 339 g/mol. The van der Waals surface area contributed by atoms with Gasteiger partial charge in [-0.2, -0.15) is 0 Å². The molecule has 132 valence electrons. The van der Waals surface area contributed by atoms with E-state index in [1.807, 2.05) is 36.4 Å². The van der Waals surface area contributed by atoms with E-state index in [-0.39, 0.29) is 11.7 Å². The largest absolute Gasteiger partial charge is 0.354 e. The Bertz CT molecular complexity index is 1160. The zero-order valence-corrected chi connectivity index (χ0v) is 14.6. The molecule has 0 spiro atoms. The summed E-state index contributed by atoms with van der Waals surface area (Å²) in [5.74, 6) is -0.457. The highest BCUT2D eigenvalue weighted by Crippen LogP contribution is 2.39. The highest BCUT2D eigenvalue weighted by molar-refractivity contribution is 6.09. The van der Waals surface area contributed by atoms with Crippen LogP contribution in [0.2, 0.25) is 0 Å². The molecule has 1 aliphatic heterocycles. The van der Waals surface area contributed by atoms with Crippen molar-refractivity contribution in [1.29, 1.82) is 0 Å². The lowest BCUT2D eigenvalue weighted by molar-refractivity contribution is 0.0987. The zero-order valence-electron chi connectivity index (χ0n) is 14.6. The SMILES string of the molecule is O=C(c1ccc(F)cc1)N1CCc2c([nH]c3ccccc23)-c2ccccc21. The third-order valence-corrected chi connectivity index (χ3v) is 5.20. The lowest BCUT2D eigenvalue weighted by atomic mass is 10.0. The van der Waals surface area contributed by atoms with Crippen molar-refractivity contribution in [3.8, 4) is 11.3 Å². The molecule has 0 unspecified atom stereocenters. The number of aromatic nitrogens is 1. The molecule has 0 saturated carbocycles. The number of fused-ring (bicyclic) bond motifs is 5. The van der Waals surface area contributed by atoms with Crippen molar-refractivity contribution < 1.29 is 9.18 Å². The lowest BCUT2D eigenvalue weighted by Crippen LogP contribution is -2.32. The first-order chi connectivity index (χ1) is 13.2. The fourth-order valence-electron chi connectivity index (χ4n) is 3.91. The highest BCUT2D eigenvalue weighted by Gasteiger charge is 2.26. The molecule has 4 heteroatoms. The molecule has 0 aliphatic carbocycles. The van der Waals surface area contributed by atoms with Crippen LogP contribution in [0.15, 0.2) is 72.8 Å². The van der Waals surface area contributed by atoms with Crippen LogP contribution in [-0.2, 0) is 6.42 Å². The molecule has 1 aromatic heterocycles. The topological polar surface area (TPSA) is 36.1 Å². The molecule has 0 radical (unpaired) electrons. The quantitative estimate of drug-likeness (QED) is 0.501. The molecule has 1 N–H and O–H groups in total. The molecule has 1 amide bonds. The number of carbonyl (C=O) groups excluding carboxylic acids is 1. The number of halogens is 1. The summed E-state index contributed by atoms with van der Waals surface area (Å²) in [6.45, 7) is 0.571. The van der Waals surface area contributed by atoms with Gasteiger partial charge >= 0.3 is 0 Å². The summed E-state index contributed by atoms with van der Waals surface area (Å²) < 4.78 is 13.3. The van der Waals surface area contributed by atoms with Crippen molar-refractivity contribution in [2.24, 2.45) is 0 Å². The first kappa shape index (κ1) is 15.8. The van der Waals surface area contributed by atoms with Crippen LogP contribution in [0.5, 0.6) is 0 Å². The number of aromatic amines is 1. The van der Waals surface area contributed by atoms with E-state index in [4.69, 9.17) is 0 Å². The van der Waals surface area contributed by atoms with Crippen LogP contribution >= 0.6 is 0 Å². The van der Waals surface area contributed by atoms with E-state index in [2.05, 4.69) is 17.1 Å². The second kappa shape index (κ2) is 6.09. The van der Waals surface area contributed by atoms with Crippen LogP contribution < -0.4 is 4.90 Å². The van der Waals surface area contributed by atoms with Gasteiger partial charge in [-0.25, -0.2) is 4.39 Å². The minimum Gasteiger partial charge on any atom is -0.354 e. The number of para-hydroxylation sites is 2. The molecule has 27 heavy (non-hydrogen) atoms. The number of rotatable bonds is 1. The summed E-state index contributed by atoms with van der Waals surface area (Å²) in [7, 11) is 0. The molecule has 1 aliphatic rings. The summed E-state index contributed by atoms with van der Waals surface area (Å²) in [5.41, 5.74) is 5.78. The van der Waals surface area contributed by atoms with Crippen LogP contribution in [-0.4, -0.2) is 17.4 Å². The highest BCUT2D eigenvalue weighted by atomic mass is 19.1. The van der Waals surface area contributed by atoms with Gasteiger partial charge in [-0.05, 0) is 48.4 Å². The number of anilines is 1. The molecule has 0 atom stereocenters. The average Bonchev–Trinajstić information content (AvgIpc) is 2.99. The van der Waals surface area contributed by atoms with Gasteiger partial charge in [0.05, 0.1) is 11.4 Å². The number of H-pyrrole nitrogens is 1. The van der Waals surface area contributed by atoms with E-state index >= 15 is 0 Å². The van der Waals surface area contributed by atoms with E-state index in [1.54, 1.807) is 17.0 Å². The Morgan fingerprint density at radius 2 is 1.67 bits per heavy atom. The summed E-state index contributed by atoms with van der Waals surface area (Å²) in [6, 6.07) is 21.9. The van der Waals surface area contributed by atoms with Crippen molar-refractivity contribution in [2.75, 3.05) is 11.4 Å². The number of benzene rings is 3. The Balaban J connectivity index is 1.66. The maximum Gasteiger partial charge on any atom is 0.258 e. The summed E-state index contributed by atoms with van der Waals surface area (Å²) in [4.78, 5) is 18.5. The van der Waals surface area contributed by atoms with E-state index in [9.17, 15) is 9.18 Å². The number of carbonyl (C=O) groups is 1. The molecular formula is C23H17FN2O. The van der Waals surface area contributed by atoms with E-state index in [0.29, 0.717) is 12.1 Å². The van der Waals surface area contributed by atoms with Crippen molar-refractivity contribution in [2.45, 2.75) is 6.42 Å². The standard InChI is InChI=1S/C23H17FN2O/c24-16-11-9-15(10-12-16)23(27)26-14-13-18-17-5-1-3-7-20(17)25-22(18)19-6-2-4-8-21(19)26/h1-12,25H,13-14H2. The summed E-state index contributed by atoms with van der Waals surface area (Å²) >= 11 is 0. The summed E-state index contributed by atoms with van der Waals surface area (Å²) in [5, 5.41) is 1.19. The first-order valence-electron chi connectivity index (χ1n) is 8.99. The smallest absolute Gasteiger partial charge is 0.258 e. The van der Waals surface area contributed by atoms with Crippen molar-refractivity contribution in [3.05, 3.63) is 89.7 Å². The number of amides is 1. The number of hydrogen-bond acceptors (Lipinski definition) is 1. The Kier molecular flexibility index (Phi) is 3.57. The second-order valence-corrected chi connectivity index (χ2v) is 6.75. The van der Waals surface area contributed by atoms with Gasteiger partial charge in [0.1, 0.15) is 5.82 Å². The van der Waals surface area contributed by atoms with Crippen LogP contribution in [0.4, 0.5) is 10.1 Å². The Morgan fingerprint density at radius 1 is 0.926 bits per heavy atom. The predicted octanol–water partition coefficient (Wildman–Crippen LogP) is 5.18. The Morgan fingerprint density at radius 3 is 2.52 bits per heavy atom. The first-order valence-corrected chi connectivity index (χ1v) is 8.99. The second-order valence-electron chi connectivity index (χ2n) is 6.75. The number of nitrogens with zero attached hydrogens (tertiary/aromatic N) is 1. The molecule has 0 saturated heterocycles. The molecule has 2 heterocycles. The Labute approximate surface area is 156 Å². The van der Waals surface area contributed by atoms with Gasteiger partial charge < -0.3 is 9.88 Å². The maximum absolute atomic E-state index is 13.3. The van der Waals surface area contributed by atoms with Gasteiger partial charge in [0.15, 0.2) is 0 Å². The van der Waals surface area contributed by atoms with Gasteiger partial charge in [0.25, 0.3) is 5.91 Å². The molecule has 3 nitrogen and oxygen atoms in total. The van der Waals surface area contributed by atoms with Gasteiger partial charge in [-0.1, -0.05) is 36.4 Å². The van der Waals surface area contributed by atoms with Gasteiger partial charge in [0, 0.05) is 28.6 Å². The summed E-state index contributed by atoms with van der Waals surface area (Å²) in [6.07, 6.45) is 0.751. The number of hydrogen-bond donors (Lipinski definition) is 1. The van der Waals surface area contributed by atoms with E-state index < -0.39 is 0 Å². The molecule has 4 aromatic rings. The fraction of sp³-hybridized carbons (Fsp3) is 0.0870. The molecule has 5 rings (SSSR count). The minimum atomic E-state index is -0.343. The van der Waals surface area contributed by atoms with Crippen LogP contribution in [0, 0.1) is 5.82 Å². The maximum atomic E-state index is 13.3. The van der Waals surface area contributed by atoms with Gasteiger partial charge in [-0.15, -0.1) is 0 Å². The third kappa shape index (κ3) is 2.53. The minimum absolute atomic E-state index is 0.114. The van der Waals surface area contributed by atoms with Crippen LogP contribution in [0.1, 0.15) is 15.9 Å². The lowest BCUT2D eigenvalue weighted by Gasteiger charge is -2.23. The van der Waals surface area contributed by atoms with Gasteiger partial charge in [-0.3, -0.25) is 4.79 Å². The van der Waals surface area contributed by atoms with E-state index in [0.717, 1.165) is 28.9 Å². The van der Waals surface area contributed by atoms with Crippen molar-refractivity contribution >= 4 is 22.5 Å². The zero-order chi connectivity index (χ0) is 18.4. The number of nitrogens with one attached hydrogen (secondary N) is 1. The van der Waals surface area contributed by atoms with Crippen molar-refractivity contribution in [3.63, 3.8) is 0 Å². The average molecular weight is 356 g/mol. The Hall–Kier alpha value is -3.40. The van der Waals surface area contributed by atoms with Crippen molar-refractivity contribution in [1.82, 2.24) is 4.98 Å². The van der Waals surface area contributed by atoms with Crippen LogP contribution in [0.3, 0.4) is 0 Å². The van der Waals surface area contributed by atoms with Gasteiger partial charge in [0.2, 0.25) is 0 Å². The molecule has 0 bridgehead atoms. The molecule has 3 aromatic carbocycles. The normalized spacial score (nSPS) is 13.1. The molecule has 0 fully saturated rings. The van der Waals surface area contributed by atoms with Crippen LogP contribution in [0.25, 0.3) is 22.2 Å². The monoisotopic (exact) mass is 356 g/mol.